The zero-order valence-electron chi connectivity index (χ0n) is 12.5. The van der Waals surface area contributed by atoms with Crippen LogP contribution in [0.15, 0.2) is 0 Å². The molecule has 0 amide bonds. The predicted molar refractivity (Wildman–Crippen MR) is 72.6 cm³/mol. The molecule has 110 valence electrons. The fourth-order valence-electron chi connectivity index (χ4n) is 2.03. The second-order valence-corrected chi connectivity index (χ2v) is 4.51. The highest BCUT2D eigenvalue weighted by Crippen LogP contribution is 2.21. The highest BCUT2D eigenvalue weighted by molar-refractivity contribution is 4.56. The van der Waals surface area contributed by atoms with Gasteiger partial charge in [0.2, 0.25) is 0 Å². The second kappa shape index (κ2) is 11.9. The molecule has 0 rings (SSSR count). The SMILES string of the molecule is COCCCCCCCCCC(OC)(OC)OC. The smallest absolute Gasteiger partial charge is 0.282 e. The van der Waals surface area contributed by atoms with Crippen molar-refractivity contribution in [1.29, 1.82) is 0 Å². The van der Waals surface area contributed by atoms with Crippen LogP contribution >= 0.6 is 0 Å². The maximum absolute atomic E-state index is 5.25. The van der Waals surface area contributed by atoms with Gasteiger partial charge in [0.15, 0.2) is 0 Å². The number of ether oxygens (including phenoxy) is 4. The van der Waals surface area contributed by atoms with Crippen LogP contribution in [0.3, 0.4) is 0 Å². The molecular weight excluding hydrogens is 232 g/mol. The van der Waals surface area contributed by atoms with Gasteiger partial charge in [0.05, 0.1) is 0 Å². The predicted octanol–water partition coefficient (Wildman–Crippen LogP) is 3.35. The lowest BCUT2D eigenvalue weighted by molar-refractivity contribution is -0.355. The second-order valence-electron chi connectivity index (χ2n) is 4.51. The van der Waals surface area contributed by atoms with E-state index in [1.54, 1.807) is 28.4 Å². The van der Waals surface area contributed by atoms with E-state index in [2.05, 4.69) is 0 Å². The van der Waals surface area contributed by atoms with E-state index in [1.807, 2.05) is 0 Å². The van der Waals surface area contributed by atoms with E-state index >= 15 is 0 Å². The molecule has 0 radical (unpaired) electrons. The van der Waals surface area contributed by atoms with Gasteiger partial charge < -0.3 is 18.9 Å². The summed E-state index contributed by atoms with van der Waals surface area (Å²) >= 11 is 0. The van der Waals surface area contributed by atoms with E-state index in [4.69, 9.17) is 18.9 Å². The molecule has 0 aromatic carbocycles. The molecule has 4 heteroatoms. The summed E-state index contributed by atoms with van der Waals surface area (Å²) in [5, 5.41) is 0. The molecular formula is C14H30O4. The van der Waals surface area contributed by atoms with Crippen LogP contribution in [0.25, 0.3) is 0 Å². The van der Waals surface area contributed by atoms with Crippen molar-refractivity contribution in [2.75, 3.05) is 35.0 Å². The Labute approximate surface area is 112 Å². The van der Waals surface area contributed by atoms with Crippen molar-refractivity contribution in [2.45, 2.75) is 57.3 Å². The number of methoxy groups -OCH3 is 4. The quantitative estimate of drug-likeness (QED) is 0.377. The molecule has 0 spiro atoms. The van der Waals surface area contributed by atoms with E-state index in [-0.39, 0.29) is 0 Å². The van der Waals surface area contributed by atoms with Crippen molar-refractivity contribution in [2.24, 2.45) is 0 Å². The third-order valence-corrected chi connectivity index (χ3v) is 3.26. The summed E-state index contributed by atoms with van der Waals surface area (Å²) in [4.78, 5) is 0. The van der Waals surface area contributed by atoms with Gasteiger partial charge in [-0.3, -0.25) is 0 Å². The summed E-state index contributed by atoms with van der Waals surface area (Å²) in [6, 6.07) is 0. The summed E-state index contributed by atoms with van der Waals surface area (Å²) in [7, 11) is 6.60. The van der Waals surface area contributed by atoms with E-state index in [0.29, 0.717) is 0 Å². The Balaban J connectivity index is 3.38. The number of hydrogen-bond acceptors (Lipinski definition) is 4. The van der Waals surface area contributed by atoms with Gasteiger partial charge in [-0.25, -0.2) is 0 Å². The molecule has 0 N–H and O–H groups in total. The largest absolute Gasteiger partial charge is 0.385 e. The molecule has 4 nitrogen and oxygen atoms in total. The highest BCUT2D eigenvalue weighted by atomic mass is 16.9. The van der Waals surface area contributed by atoms with Crippen LogP contribution in [0.1, 0.15) is 51.4 Å². The number of unbranched alkanes of at least 4 members (excludes halogenated alkanes) is 6. The molecule has 0 aliphatic carbocycles. The molecule has 0 saturated heterocycles. The van der Waals surface area contributed by atoms with Crippen LogP contribution < -0.4 is 0 Å². The molecule has 0 unspecified atom stereocenters. The molecule has 0 heterocycles. The lowest BCUT2D eigenvalue weighted by atomic mass is 10.1. The summed E-state index contributed by atoms with van der Waals surface area (Å²) in [5.74, 6) is -0.849. The van der Waals surface area contributed by atoms with Gasteiger partial charge in [0.1, 0.15) is 0 Å². The Morgan fingerprint density at radius 2 is 1.06 bits per heavy atom. The van der Waals surface area contributed by atoms with Gasteiger partial charge in [-0.2, -0.15) is 0 Å². The van der Waals surface area contributed by atoms with Crippen molar-refractivity contribution >= 4 is 0 Å². The Bertz CT molecular complexity index is 161. The standard InChI is InChI=1S/C14H30O4/c1-15-13-11-9-7-5-6-8-10-12-14(16-2,17-3)18-4/h5-13H2,1-4H3. The van der Waals surface area contributed by atoms with Crippen molar-refractivity contribution in [3.8, 4) is 0 Å². The van der Waals surface area contributed by atoms with Gasteiger partial charge in [0.25, 0.3) is 5.97 Å². The van der Waals surface area contributed by atoms with Crippen LogP contribution in [0.2, 0.25) is 0 Å². The first-order chi connectivity index (χ1) is 8.74. The minimum atomic E-state index is -0.849. The molecule has 0 aliphatic heterocycles. The van der Waals surface area contributed by atoms with Gasteiger partial charge in [-0.05, 0) is 12.8 Å². The number of hydrogen-bond donors (Lipinski definition) is 0. The lowest BCUT2D eigenvalue weighted by Gasteiger charge is -2.28. The minimum Gasteiger partial charge on any atom is -0.385 e. The summed E-state index contributed by atoms with van der Waals surface area (Å²) in [5.41, 5.74) is 0. The third kappa shape index (κ3) is 8.03. The summed E-state index contributed by atoms with van der Waals surface area (Å²) in [6.07, 6.45) is 9.34. The Hall–Kier alpha value is -0.160. The molecule has 0 bridgehead atoms. The van der Waals surface area contributed by atoms with Crippen LogP contribution in [-0.4, -0.2) is 41.0 Å². The summed E-state index contributed by atoms with van der Waals surface area (Å²) in [6.45, 7) is 0.887. The highest BCUT2D eigenvalue weighted by Gasteiger charge is 2.28. The first kappa shape index (κ1) is 17.8. The van der Waals surface area contributed by atoms with E-state index in [9.17, 15) is 0 Å². The van der Waals surface area contributed by atoms with Crippen molar-refractivity contribution < 1.29 is 18.9 Å². The Kier molecular flexibility index (Phi) is 11.8. The van der Waals surface area contributed by atoms with E-state index < -0.39 is 5.97 Å². The lowest BCUT2D eigenvalue weighted by Crippen LogP contribution is -2.35. The molecule has 0 aromatic rings. The zero-order chi connectivity index (χ0) is 13.7. The average molecular weight is 262 g/mol. The van der Waals surface area contributed by atoms with Gasteiger partial charge in [-0.1, -0.05) is 32.1 Å². The third-order valence-electron chi connectivity index (χ3n) is 3.26. The topological polar surface area (TPSA) is 36.9 Å². The van der Waals surface area contributed by atoms with E-state index in [1.165, 1.54) is 38.5 Å². The Morgan fingerprint density at radius 3 is 1.50 bits per heavy atom. The monoisotopic (exact) mass is 262 g/mol. The molecule has 0 aromatic heterocycles. The van der Waals surface area contributed by atoms with Crippen LogP contribution in [0.4, 0.5) is 0 Å². The molecule has 0 atom stereocenters. The van der Waals surface area contributed by atoms with E-state index in [0.717, 1.165) is 19.4 Å². The number of rotatable bonds is 13. The first-order valence-corrected chi connectivity index (χ1v) is 6.89. The van der Waals surface area contributed by atoms with Crippen molar-refractivity contribution in [3.63, 3.8) is 0 Å². The van der Waals surface area contributed by atoms with Gasteiger partial charge >= 0.3 is 0 Å². The fraction of sp³-hybridized carbons (Fsp3) is 1.00. The molecule has 18 heavy (non-hydrogen) atoms. The first-order valence-electron chi connectivity index (χ1n) is 6.89. The molecule has 0 saturated carbocycles. The van der Waals surface area contributed by atoms with Crippen molar-refractivity contribution in [1.82, 2.24) is 0 Å². The summed E-state index contributed by atoms with van der Waals surface area (Å²) < 4.78 is 20.8. The van der Waals surface area contributed by atoms with Crippen LogP contribution in [0, 0.1) is 0 Å². The maximum Gasteiger partial charge on any atom is 0.282 e. The normalized spacial score (nSPS) is 12.0. The van der Waals surface area contributed by atoms with Gasteiger partial charge in [-0.15, -0.1) is 0 Å². The van der Waals surface area contributed by atoms with Crippen LogP contribution in [0.5, 0.6) is 0 Å². The fourth-order valence-corrected chi connectivity index (χ4v) is 2.03. The van der Waals surface area contributed by atoms with Crippen LogP contribution in [-0.2, 0) is 18.9 Å². The molecule has 0 aliphatic rings. The van der Waals surface area contributed by atoms with Crippen molar-refractivity contribution in [3.05, 3.63) is 0 Å². The maximum atomic E-state index is 5.25. The minimum absolute atomic E-state index is 0.778. The average Bonchev–Trinajstić information content (AvgIpc) is 2.42. The zero-order valence-corrected chi connectivity index (χ0v) is 12.5. The Morgan fingerprint density at radius 1 is 0.611 bits per heavy atom. The molecule has 0 fully saturated rings. The van der Waals surface area contributed by atoms with Gasteiger partial charge in [0, 0.05) is 41.5 Å².